The lowest BCUT2D eigenvalue weighted by Crippen LogP contribution is -2.33. The lowest BCUT2D eigenvalue weighted by atomic mass is 10.1. The number of allylic oxidation sites excluding steroid dienone is 1. The zero-order valence-electron chi connectivity index (χ0n) is 8.82. The van der Waals surface area contributed by atoms with E-state index < -0.39 is 30.6 Å². The fourth-order valence-corrected chi connectivity index (χ4v) is 1.83. The van der Waals surface area contributed by atoms with Gasteiger partial charge in [0.25, 0.3) is 0 Å². The summed E-state index contributed by atoms with van der Waals surface area (Å²) in [6, 6.07) is 0.401. The lowest BCUT2D eigenvalue weighted by Gasteiger charge is -2.16. The Hall–Kier alpha value is -1.73. The Kier molecular flexibility index (Phi) is 2.95. The second kappa shape index (κ2) is 4.27. The molecule has 0 amide bonds. The van der Waals surface area contributed by atoms with Gasteiger partial charge in [-0.2, -0.15) is 4.98 Å². The first-order valence-corrected chi connectivity index (χ1v) is 5.03. The van der Waals surface area contributed by atoms with Crippen LogP contribution in [0.2, 0.25) is 0 Å². The molecular formula is C10H12FN3O3. The van der Waals surface area contributed by atoms with Crippen LogP contribution in [-0.2, 0) is 0 Å². The van der Waals surface area contributed by atoms with Gasteiger partial charge in [-0.15, -0.1) is 0 Å². The Morgan fingerprint density at radius 2 is 2.29 bits per heavy atom. The van der Waals surface area contributed by atoms with Crippen LogP contribution in [0.4, 0.5) is 10.2 Å². The predicted molar refractivity (Wildman–Crippen MR) is 58.0 cm³/mol. The summed E-state index contributed by atoms with van der Waals surface area (Å²) in [5.74, 6) is 0.0477. The summed E-state index contributed by atoms with van der Waals surface area (Å²) in [6.45, 7) is -0.449. The zero-order valence-corrected chi connectivity index (χ0v) is 8.82. The average molecular weight is 241 g/mol. The van der Waals surface area contributed by atoms with Gasteiger partial charge in [0.05, 0.1) is 12.6 Å². The van der Waals surface area contributed by atoms with Gasteiger partial charge in [-0.1, -0.05) is 6.08 Å². The molecule has 0 aliphatic heterocycles. The molecule has 0 saturated heterocycles. The topological polar surface area (TPSA) is 101 Å². The van der Waals surface area contributed by atoms with E-state index in [0.717, 1.165) is 4.57 Å². The number of halogens is 1. The molecule has 0 aromatic carbocycles. The molecule has 1 aliphatic carbocycles. The SMILES string of the molecule is Nc1ccn([C@@H]2C=C(CO)C(O)[C@@H]2F)c(=O)n1. The molecule has 0 radical (unpaired) electrons. The maximum atomic E-state index is 13.8. The number of alkyl halides is 1. The molecule has 7 heteroatoms. The van der Waals surface area contributed by atoms with Crippen LogP contribution in [0.1, 0.15) is 6.04 Å². The standard InChI is InChI=1S/C10H12FN3O3/c11-8-6(3-5(4-15)9(8)16)14-2-1-7(12)13-10(14)17/h1-3,6,8-9,15-16H,4H2,(H2,12,13,17)/t6-,8-,9?/m1/s1. The van der Waals surface area contributed by atoms with Crippen LogP contribution in [0, 0.1) is 0 Å². The highest BCUT2D eigenvalue weighted by molar-refractivity contribution is 5.27. The number of nitrogens with zero attached hydrogens (tertiary/aromatic N) is 2. The highest BCUT2D eigenvalue weighted by Crippen LogP contribution is 2.30. The Morgan fingerprint density at radius 3 is 2.82 bits per heavy atom. The van der Waals surface area contributed by atoms with E-state index >= 15 is 0 Å². The lowest BCUT2D eigenvalue weighted by molar-refractivity contribution is 0.0900. The Bertz CT molecular complexity index is 514. The van der Waals surface area contributed by atoms with Crippen molar-refractivity contribution < 1.29 is 14.6 Å². The van der Waals surface area contributed by atoms with Crippen LogP contribution in [-0.4, -0.2) is 38.6 Å². The first-order chi connectivity index (χ1) is 8.04. The number of hydrogen-bond donors (Lipinski definition) is 3. The molecule has 2 rings (SSSR count). The van der Waals surface area contributed by atoms with E-state index in [1.807, 2.05) is 0 Å². The summed E-state index contributed by atoms with van der Waals surface area (Å²) in [7, 11) is 0. The third kappa shape index (κ3) is 1.94. The first kappa shape index (κ1) is 11.7. The summed E-state index contributed by atoms with van der Waals surface area (Å²) < 4.78 is 14.8. The largest absolute Gasteiger partial charge is 0.392 e. The molecular weight excluding hydrogens is 229 g/mol. The fourth-order valence-electron chi connectivity index (χ4n) is 1.83. The highest BCUT2D eigenvalue weighted by atomic mass is 19.1. The predicted octanol–water partition coefficient (Wildman–Crippen LogP) is -1.00. The Balaban J connectivity index is 2.41. The van der Waals surface area contributed by atoms with E-state index in [0.29, 0.717) is 0 Å². The maximum Gasteiger partial charge on any atom is 0.350 e. The van der Waals surface area contributed by atoms with Crippen molar-refractivity contribution in [1.82, 2.24) is 9.55 Å². The molecule has 92 valence electrons. The average Bonchev–Trinajstić information content (AvgIpc) is 2.57. The molecule has 1 aromatic rings. The van der Waals surface area contributed by atoms with Gasteiger partial charge in [0, 0.05) is 6.20 Å². The molecule has 1 heterocycles. The van der Waals surface area contributed by atoms with Crippen LogP contribution >= 0.6 is 0 Å². The van der Waals surface area contributed by atoms with Gasteiger partial charge in [0.15, 0.2) is 6.17 Å². The van der Waals surface area contributed by atoms with Crippen molar-refractivity contribution in [3.05, 3.63) is 34.4 Å². The van der Waals surface area contributed by atoms with E-state index in [1.165, 1.54) is 18.3 Å². The van der Waals surface area contributed by atoms with Crippen LogP contribution in [0.3, 0.4) is 0 Å². The zero-order chi connectivity index (χ0) is 12.6. The van der Waals surface area contributed by atoms with Gasteiger partial charge in [-0.3, -0.25) is 4.57 Å². The van der Waals surface area contributed by atoms with Gasteiger partial charge in [-0.05, 0) is 11.6 Å². The maximum absolute atomic E-state index is 13.8. The summed E-state index contributed by atoms with van der Waals surface area (Å²) >= 11 is 0. The van der Waals surface area contributed by atoms with Gasteiger partial charge >= 0.3 is 5.69 Å². The van der Waals surface area contributed by atoms with Crippen molar-refractivity contribution in [2.24, 2.45) is 0 Å². The normalized spacial score (nSPS) is 28.2. The minimum atomic E-state index is -1.68. The molecule has 0 bridgehead atoms. The number of anilines is 1. The number of aromatic nitrogens is 2. The monoisotopic (exact) mass is 241 g/mol. The van der Waals surface area contributed by atoms with Crippen LogP contribution in [0.25, 0.3) is 0 Å². The third-order valence-electron chi connectivity index (χ3n) is 2.75. The van der Waals surface area contributed by atoms with Crippen molar-refractivity contribution >= 4 is 5.82 Å². The van der Waals surface area contributed by atoms with Crippen molar-refractivity contribution in [2.75, 3.05) is 12.3 Å². The van der Waals surface area contributed by atoms with E-state index in [9.17, 15) is 14.3 Å². The van der Waals surface area contributed by atoms with E-state index in [4.69, 9.17) is 10.8 Å². The van der Waals surface area contributed by atoms with E-state index in [-0.39, 0.29) is 11.4 Å². The number of aliphatic hydroxyl groups is 2. The van der Waals surface area contributed by atoms with Crippen molar-refractivity contribution in [3.8, 4) is 0 Å². The molecule has 17 heavy (non-hydrogen) atoms. The number of nitrogens with two attached hydrogens (primary N) is 1. The number of aliphatic hydroxyl groups excluding tert-OH is 2. The van der Waals surface area contributed by atoms with E-state index in [2.05, 4.69) is 4.98 Å². The summed E-state index contributed by atoms with van der Waals surface area (Å²) in [4.78, 5) is 15.0. The van der Waals surface area contributed by atoms with Crippen LogP contribution in [0.15, 0.2) is 28.7 Å². The van der Waals surface area contributed by atoms with Crippen molar-refractivity contribution in [3.63, 3.8) is 0 Å². The van der Waals surface area contributed by atoms with Gasteiger partial charge < -0.3 is 15.9 Å². The molecule has 1 aliphatic rings. The molecule has 0 fully saturated rings. The van der Waals surface area contributed by atoms with Crippen molar-refractivity contribution in [1.29, 1.82) is 0 Å². The smallest absolute Gasteiger partial charge is 0.350 e. The molecule has 6 nitrogen and oxygen atoms in total. The highest BCUT2D eigenvalue weighted by Gasteiger charge is 2.37. The first-order valence-electron chi connectivity index (χ1n) is 5.03. The summed E-state index contributed by atoms with van der Waals surface area (Å²) in [5.41, 5.74) is 4.78. The summed E-state index contributed by atoms with van der Waals surface area (Å²) in [5, 5.41) is 18.4. The van der Waals surface area contributed by atoms with Crippen LogP contribution in [0.5, 0.6) is 0 Å². The number of rotatable bonds is 2. The second-order valence-electron chi connectivity index (χ2n) is 3.82. The molecule has 1 unspecified atom stereocenters. The summed E-state index contributed by atoms with van der Waals surface area (Å²) in [6.07, 6.45) is -0.435. The molecule has 1 aromatic heterocycles. The fraction of sp³-hybridized carbons (Fsp3) is 0.400. The minimum absolute atomic E-state index is 0.0477. The molecule has 0 saturated carbocycles. The second-order valence-corrected chi connectivity index (χ2v) is 3.82. The Morgan fingerprint density at radius 1 is 1.59 bits per heavy atom. The molecule has 4 N–H and O–H groups in total. The third-order valence-corrected chi connectivity index (χ3v) is 2.75. The minimum Gasteiger partial charge on any atom is -0.392 e. The molecule has 3 atom stereocenters. The van der Waals surface area contributed by atoms with Gasteiger partial charge in [0.1, 0.15) is 11.9 Å². The Labute approximate surface area is 95.8 Å². The number of hydrogen-bond acceptors (Lipinski definition) is 5. The van der Waals surface area contributed by atoms with Crippen LogP contribution < -0.4 is 11.4 Å². The van der Waals surface area contributed by atoms with Crippen molar-refractivity contribution in [2.45, 2.75) is 18.3 Å². The number of nitrogen functional groups attached to an aromatic ring is 1. The molecule has 0 spiro atoms. The quantitative estimate of drug-likeness (QED) is 0.576. The van der Waals surface area contributed by atoms with E-state index in [1.54, 1.807) is 0 Å². The van der Waals surface area contributed by atoms with Gasteiger partial charge in [0.2, 0.25) is 0 Å². The van der Waals surface area contributed by atoms with Gasteiger partial charge in [-0.25, -0.2) is 9.18 Å².